The fourth-order valence-corrected chi connectivity index (χ4v) is 4.32. The first-order chi connectivity index (χ1) is 14.7. The zero-order valence-electron chi connectivity index (χ0n) is 17.0. The van der Waals surface area contributed by atoms with Crippen LogP contribution in [0.2, 0.25) is 0 Å². The van der Waals surface area contributed by atoms with E-state index in [1.54, 1.807) is 37.7 Å². The van der Waals surface area contributed by atoms with Crippen molar-refractivity contribution in [1.82, 2.24) is 4.90 Å². The smallest absolute Gasteiger partial charge is 0.336 e. The fourth-order valence-electron chi connectivity index (χ4n) is 3.57. The number of hydrogen-bond acceptors (Lipinski definition) is 6. The van der Waals surface area contributed by atoms with E-state index >= 15 is 0 Å². The van der Waals surface area contributed by atoms with Gasteiger partial charge < -0.3 is 13.9 Å². The number of ether oxygens (including phenoxy) is 2. The molecule has 0 spiro atoms. The lowest BCUT2D eigenvalue weighted by atomic mass is 10.1. The van der Waals surface area contributed by atoms with E-state index in [-0.39, 0.29) is 5.63 Å². The second kappa shape index (κ2) is 9.15. The molecule has 0 aliphatic carbocycles. The topological polar surface area (TPSA) is 51.9 Å². The molecule has 30 heavy (non-hydrogen) atoms. The largest absolute Gasteiger partial charge is 0.497 e. The molecule has 0 radical (unpaired) electrons. The van der Waals surface area contributed by atoms with Crippen LogP contribution >= 0.6 is 11.3 Å². The predicted octanol–water partition coefficient (Wildman–Crippen LogP) is 5.07. The molecule has 2 aromatic heterocycles. The van der Waals surface area contributed by atoms with Gasteiger partial charge in [0.2, 0.25) is 0 Å². The second-order valence-corrected chi connectivity index (χ2v) is 8.02. The fraction of sp³-hybridized carbons (Fsp3) is 0.208. The molecule has 0 aliphatic heterocycles. The summed E-state index contributed by atoms with van der Waals surface area (Å²) in [5, 5.41) is 2.99. The molecule has 0 saturated carbocycles. The third kappa shape index (κ3) is 4.56. The van der Waals surface area contributed by atoms with Gasteiger partial charge in [0.05, 0.1) is 14.2 Å². The minimum absolute atomic E-state index is 0.362. The molecule has 6 heteroatoms. The third-order valence-corrected chi connectivity index (χ3v) is 5.84. The average Bonchev–Trinajstić information content (AvgIpc) is 3.26. The summed E-state index contributed by atoms with van der Waals surface area (Å²) in [6.45, 7) is 2.07. The number of para-hydroxylation sites is 1. The van der Waals surface area contributed by atoms with Gasteiger partial charge in [0, 0.05) is 47.6 Å². The molecule has 0 atom stereocenters. The highest BCUT2D eigenvalue weighted by atomic mass is 32.1. The van der Waals surface area contributed by atoms with E-state index in [9.17, 15) is 4.79 Å². The summed E-state index contributed by atoms with van der Waals surface area (Å²) in [5.41, 5.74) is 2.20. The molecule has 0 N–H and O–H groups in total. The Morgan fingerprint density at radius 1 is 0.900 bits per heavy atom. The van der Waals surface area contributed by atoms with E-state index in [0.717, 1.165) is 28.8 Å². The van der Waals surface area contributed by atoms with Crippen LogP contribution in [0.1, 0.15) is 16.0 Å². The Morgan fingerprint density at radius 3 is 2.50 bits per heavy atom. The van der Waals surface area contributed by atoms with Crippen molar-refractivity contribution in [3.63, 3.8) is 0 Å². The first-order valence-electron chi connectivity index (χ1n) is 9.63. The molecule has 0 saturated heterocycles. The number of nitrogens with zero attached hydrogens (tertiary/aromatic N) is 1. The number of methoxy groups -OCH3 is 2. The van der Waals surface area contributed by atoms with Gasteiger partial charge in [-0.3, -0.25) is 4.90 Å². The number of thiophene rings is 1. The van der Waals surface area contributed by atoms with Crippen LogP contribution in [-0.4, -0.2) is 19.1 Å². The Labute approximate surface area is 179 Å². The van der Waals surface area contributed by atoms with Gasteiger partial charge in [-0.15, -0.1) is 11.3 Å². The highest BCUT2D eigenvalue weighted by Crippen LogP contribution is 2.26. The zero-order valence-corrected chi connectivity index (χ0v) is 17.8. The van der Waals surface area contributed by atoms with E-state index in [2.05, 4.69) is 28.5 Å². The quantitative estimate of drug-likeness (QED) is 0.372. The molecular weight excluding hydrogens is 398 g/mol. The van der Waals surface area contributed by atoms with E-state index in [1.807, 2.05) is 30.3 Å². The summed E-state index contributed by atoms with van der Waals surface area (Å²) >= 11 is 1.72. The van der Waals surface area contributed by atoms with Crippen molar-refractivity contribution in [2.45, 2.75) is 19.6 Å². The number of hydrogen-bond donors (Lipinski definition) is 0. The van der Waals surface area contributed by atoms with Crippen molar-refractivity contribution in [3.8, 4) is 11.5 Å². The minimum Gasteiger partial charge on any atom is -0.497 e. The Morgan fingerprint density at radius 2 is 1.73 bits per heavy atom. The molecular formula is C24H23NO4S. The highest BCUT2D eigenvalue weighted by molar-refractivity contribution is 7.09. The highest BCUT2D eigenvalue weighted by Gasteiger charge is 2.15. The lowest BCUT2D eigenvalue weighted by molar-refractivity contribution is 0.246. The molecule has 4 rings (SSSR count). The van der Waals surface area contributed by atoms with Gasteiger partial charge in [0.1, 0.15) is 17.1 Å². The molecule has 0 bridgehead atoms. The molecule has 154 valence electrons. The zero-order chi connectivity index (χ0) is 20.9. The van der Waals surface area contributed by atoms with Gasteiger partial charge in [0.25, 0.3) is 0 Å². The molecule has 5 nitrogen and oxygen atoms in total. The van der Waals surface area contributed by atoms with Crippen LogP contribution in [0.4, 0.5) is 0 Å². The Kier molecular flexibility index (Phi) is 6.16. The molecule has 0 amide bonds. The van der Waals surface area contributed by atoms with Crippen LogP contribution in [0, 0.1) is 0 Å². The van der Waals surface area contributed by atoms with E-state index in [1.165, 1.54) is 4.88 Å². The second-order valence-electron chi connectivity index (χ2n) is 6.99. The van der Waals surface area contributed by atoms with Crippen molar-refractivity contribution >= 4 is 22.3 Å². The number of fused-ring (bicyclic) bond motifs is 1. The van der Waals surface area contributed by atoms with Gasteiger partial charge in [0.15, 0.2) is 0 Å². The summed E-state index contributed by atoms with van der Waals surface area (Å²) < 4.78 is 16.2. The third-order valence-electron chi connectivity index (χ3n) is 4.98. The first kappa shape index (κ1) is 20.2. The Balaban J connectivity index is 1.70. The summed E-state index contributed by atoms with van der Waals surface area (Å²) in [6.07, 6.45) is 0. The standard InChI is InChI=1S/C24H23NO4S/c1-27-19-9-10-21-18(12-24(26)29-23(21)13-19)15-25(16-20-7-5-11-30-20)14-17-6-3-4-8-22(17)28-2/h3-13H,14-16H2,1-2H3. The van der Waals surface area contributed by atoms with Crippen LogP contribution in [0.25, 0.3) is 11.0 Å². The van der Waals surface area contributed by atoms with Crippen LogP contribution in [0.5, 0.6) is 11.5 Å². The van der Waals surface area contributed by atoms with Crippen molar-refractivity contribution in [2.24, 2.45) is 0 Å². The maximum Gasteiger partial charge on any atom is 0.336 e. The van der Waals surface area contributed by atoms with Gasteiger partial charge in [-0.05, 0) is 35.2 Å². The Hall–Kier alpha value is -3.09. The monoisotopic (exact) mass is 421 g/mol. The van der Waals surface area contributed by atoms with Crippen molar-refractivity contribution in [3.05, 3.63) is 92.5 Å². The summed E-state index contributed by atoms with van der Waals surface area (Å²) in [5.74, 6) is 1.52. The predicted molar refractivity (Wildman–Crippen MR) is 119 cm³/mol. The van der Waals surface area contributed by atoms with E-state index in [4.69, 9.17) is 13.9 Å². The lowest BCUT2D eigenvalue weighted by Gasteiger charge is -2.23. The maximum atomic E-state index is 12.2. The summed E-state index contributed by atoms with van der Waals surface area (Å²) in [6, 6.07) is 19.4. The normalized spacial score (nSPS) is 11.2. The van der Waals surface area contributed by atoms with E-state index < -0.39 is 0 Å². The lowest BCUT2D eigenvalue weighted by Crippen LogP contribution is -2.23. The molecule has 4 aromatic rings. The molecule has 0 aliphatic rings. The van der Waals surface area contributed by atoms with Gasteiger partial charge in [-0.25, -0.2) is 4.79 Å². The number of benzene rings is 2. The van der Waals surface area contributed by atoms with E-state index in [0.29, 0.717) is 24.4 Å². The average molecular weight is 422 g/mol. The van der Waals surface area contributed by atoms with Gasteiger partial charge in [-0.2, -0.15) is 0 Å². The van der Waals surface area contributed by atoms with Crippen molar-refractivity contribution in [2.75, 3.05) is 14.2 Å². The van der Waals surface area contributed by atoms with Gasteiger partial charge >= 0.3 is 5.63 Å². The van der Waals surface area contributed by atoms with Crippen molar-refractivity contribution < 1.29 is 13.9 Å². The molecule has 0 unspecified atom stereocenters. The number of rotatable bonds is 8. The SMILES string of the molecule is COc1ccc2c(CN(Cc3cccs3)Cc3ccccc3OC)cc(=O)oc2c1. The first-order valence-corrected chi connectivity index (χ1v) is 10.5. The molecule has 0 fully saturated rings. The van der Waals surface area contributed by atoms with Crippen LogP contribution in [-0.2, 0) is 19.6 Å². The summed E-state index contributed by atoms with van der Waals surface area (Å²) in [7, 11) is 3.28. The Bertz CT molecular complexity index is 1180. The van der Waals surface area contributed by atoms with Gasteiger partial charge in [-0.1, -0.05) is 24.3 Å². The minimum atomic E-state index is -0.362. The van der Waals surface area contributed by atoms with Crippen molar-refractivity contribution in [1.29, 1.82) is 0 Å². The van der Waals surface area contributed by atoms with Crippen LogP contribution in [0.15, 0.2) is 75.3 Å². The summed E-state index contributed by atoms with van der Waals surface area (Å²) in [4.78, 5) is 15.8. The van der Waals surface area contributed by atoms with Crippen LogP contribution < -0.4 is 15.1 Å². The van der Waals surface area contributed by atoms with Crippen LogP contribution in [0.3, 0.4) is 0 Å². The maximum absolute atomic E-state index is 12.2. The molecule has 2 heterocycles. The molecule has 2 aromatic carbocycles.